The summed E-state index contributed by atoms with van der Waals surface area (Å²) >= 11 is 5.88. The highest BCUT2D eigenvalue weighted by Crippen LogP contribution is 2.18. The minimum atomic E-state index is 0.584. The summed E-state index contributed by atoms with van der Waals surface area (Å²) in [4.78, 5) is 4.42. The van der Waals surface area contributed by atoms with Crippen molar-refractivity contribution in [1.82, 2.24) is 25.2 Å². The number of nitrogens with one attached hydrogen (secondary N) is 1. The van der Waals surface area contributed by atoms with E-state index in [1.54, 1.807) is 0 Å². The van der Waals surface area contributed by atoms with E-state index < -0.39 is 0 Å². The third-order valence-corrected chi connectivity index (χ3v) is 4.30. The maximum Gasteiger partial charge on any atom is 0.228 e. The molecule has 0 aliphatic carbocycles. The van der Waals surface area contributed by atoms with Crippen LogP contribution in [0.25, 0.3) is 11.4 Å². The molecule has 0 spiro atoms. The van der Waals surface area contributed by atoms with Crippen LogP contribution in [0.15, 0.2) is 28.8 Å². The molecular weight excluding hydrogens is 326 g/mol. The average Bonchev–Trinajstić information content (AvgIpc) is 3.12. The summed E-state index contributed by atoms with van der Waals surface area (Å²) in [5, 5.41) is 12.5. The van der Waals surface area contributed by atoms with E-state index in [9.17, 15) is 0 Å². The Labute approximate surface area is 145 Å². The molecule has 24 heavy (non-hydrogen) atoms. The lowest BCUT2D eigenvalue weighted by Crippen LogP contribution is -2.17. The Morgan fingerprint density at radius 2 is 1.96 bits per heavy atom. The second-order valence-electron chi connectivity index (χ2n) is 5.72. The lowest BCUT2D eigenvalue weighted by atomic mass is 10.2. The summed E-state index contributed by atoms with van der Waals surface area (Å²) in [6, 6.07) is 7.38. The molecule has 126 valence electrons. The van der Waals surface area contributed by atoms with E-state index in [4.69, 9.17) is 16.1 Å². The molecule has 0 radical (unpaired) electrons. The van der Waals surface area contributed by atoms with E-state index in [0.29, 0.717) is 23.2 Å². The van der Waals surface area contributed by atoms with Gasteiger partial charge in [-0.05, 0) is 38.1 Å². The number of halogens is 1. The SMILES string of the molecule is Cc1nn(C)c(C)c1CNCCc1nc(-c2ccc(Cl)cc2)no1. The third kappa shape index (κ3) is 3.66. The first-order valence-electron chi connectivity index (χ1n) is 7.83. The van der Waals surface area contributed by atoms with Gasteiger partial charge in [-0.25, -0.2) is 0 Å². The molecule has 6 nitrogen and oxygen atoms in total. The molecule has 2 heterocycles. The van der Waals surface area contributed by atoms with Gasteiger partial charge in [-0.1, -0.05) is 16.8 Å². The van der Waals surface area contributed by atoms with Gasteiger partial charge in [0.1, 0.15) is 0 Å². The van der Waals surface area contributed by atoms with Crippen LogP contribution < -0.4 is 5.32 Å². The highest BCUT2D eigenvalue weighted by molar-refractivity contribution is 6.30. The smallest absolute Gasteiger partial charge is 0.228 e. The van der Waals surface area contributed by atoms with Gasteiger partial charge in [-0.3, -0.25) is 4.68 Å². The molecule has 0 saturated carbocycles. The van der Waals surface area contributed by atoms with Crippen LogP contribution in [-0.2, 0) is 20.0 Å². The minimum Gasteiger partial charge on any atom is -0.339 e. The maximum absolute atomic E-state index is 5.88. The Morgan fingerprint density at radius 1 is 1.21 bits per heavy atom. The van der Waals surface area contributed by atoms with Crippen LogP contribution in [0.4, 0.5) is 0 Å². The van der Waals surface area contributed by atoms with E-state index in [1.165, 1.54) is 11.3 Å². The highest BCUT2D eigenvalue weighted by atomic mass is 35.5. The van der Waals surface area contributed by atoms with E-state index in [2.05, 4.69) is 27.5 Å². The predicted molar refractivity (Wildman–Crippen MR) is 92.8 cm³/mol. The minimum absolute atomic E-state index is 0.584. The van der Waals surface area contributed by atoms with E-state index in [0.717, 1.165) is 24.3 Å². The molecule has 0 unspecified atom stereocenters. The van der Waals surface area contributed by atoms with Crippen LogP contribution in [0.1, 0.15) is 22.8 Å². The lowest BCUT2D eigenvalue weighted by Gasteiger charge is -2.03. The van der Waals surface area contributed by atoms with Gasteiger partial charge in [0.2, 0.25) is 11.7 Å². The van der Waals surface area contributed by atoms with Crippen molar-refractivity contribution in [1.29, 1.82) is 0 Å². The van der Waals surface area contributed by atoms with Crippen molar-refractivity contribution in [2.45, 2.75) is 26.8 Å². The Balaban J connectivity index is 1.53. The summed E-state index contributed by atoms with van der Waals surface area (Å²) in [5.74, 6) is 1.20. The van der Waals surface area contributed by atoms with E-state index >= 15 is 0 Å². The van der Waals surface area contributed by atoms with Crippen LogP contribution in [0.5, 0.6) is 0 Å². The quantitative estimate of drug-likeness (QED) is 0.695. The predicted octanol–water partition coefficient (Wildman–Crippen LogP) is 3.07. The molecule has 0 fully saturated rings. The first-order valence-corrected chi connectivity index (χ1v) is 8.20. The average molecular weight is 346 g/mol. The van der Waals surface area contributed by atoms with Gasteiger partial charge in [-0.2, -0.15) is 10.1 Å². The van der Waals surface area contributed by atoms with Crippen molar-refractivity contribution in [3.8, 4) is 11.4 Å². The summed E-state index contributed by atoms with van der Waals surface area (Å²) in [5.41, 5.74) is 4.38. The van der Waals surface area contributed by atoms with Crippen molar-refractivity contribution in [2.24, 2.45) is 7.05 Å². The first kappa shape index (κ1) is 16.7. The first-order chi connectivity index (χ1) is 11.5. The Kier molecular flexibility index (Phi) is 4.97. The summed E-state index contributed by atoms with van der Waals surface area (Å²) < 4.78 is 7.21. The number of hydrogen-bond acceptors (Lipinski definition) is 5. The third-order valence-electron chi connectivity index (χ3n) is 4.05. The Bertz CT molecular complexity index is 822. The molecule has 2 aromatic heterocycles. The number of rotatable bonds is 6. The van der Waals surface area contributed by atoms with Gasteiger partial charge in [0, 0.05) is 48.4 Å². The summed E-state index contributed by atoms with van der Waals surface area (Å²) in [6.45, 7) is 5.65. The van der Waals surface area contributed by atoms with Crippen molar-refractivity contribution in [2.75, 3.05) is 6.54 Å². The molecule has 3 rings (SSSR count). The zero-order valence-corrected chi connectivity index (χ0v) is 14.8. The lowest BCUT2D eigenvalue weighted by molar-refractivity contribution is 0.376. The molecular formula is C17H20ClN5O. The zero-order valence-electron chi connectivity index (χ0n) is 14.0. The van der Waals surface area contributed by atoms with Crippen LogP contribution >= 0.6 is 11.6 Å². The molecule has 0 amide bonds. The van der Waals surface area contributed by atoms with Crippen LogP contribution in [0, 0.1) is 13.8 Å². The van der Waals surface area contributed by atoms with Gasteiger partial charge in [0.05, 0.1) is 5.69 Å². The van der Waals surface area contributed by atoms with Crippen molar-refractivity contribution < 1.29 is 4.52 Å². The monoisotopic (exact) mass is 345 g/mol. The van der Waals surface area contributed by atoms with Crippen LogP contribution in [0.3, 0.4) is 0 Å². The van der Waals surface area contributed by atoms with Crippen LogP contribution in [-0.4, -0.2) is 26.5 Å². The van der Waals surface area contributed by atoms with E-state index in [-0.39, 0.29) is 0 Å². The standard InChI is InChI=1S/C17H20ClN5O/c1-11-15(12(2)23(3)21-11)10-19-9-8-16-20-17(22-24-16)13-4-6-14(18)7-5-13/h4-7,19H,8-10H2,1-3H3. The number of benzene rings is 1. The highest BCUT2D eigenvalue weighted by Gasteiger charge is 2.10. The second kappa shape index (κ2) is 7.15. The summed E-state index contributed by atoms with van der Waals surface area (Å²) in [7, 11) is 1.96. The van der Waals surface area contributed by atoms with Crippen molar-refractivity contribution in [3.05, 3.63) is 52.1 Å². The molecule has 1 aromatic carbocycles. The number of aromatic nitrogens is 4. The Morgan fingerprint density at radius 3 is 2.62 bits per heavy atom. The number of aryl methyl sites for hydroxylation is 2. The van der Waals surface area contributed by atoms with Crippen molar-refractivity contribution >= 4 is 11.6 Å². The van der Waals surface area contributed by atoms with Gasteiger partial charge >= 0.3 is 0 Å². The molecule has 3 aromatic rings. The number of nitrogens with zero attached hydrogens (tertiary/aromatic N) is 4. The Hall–Kier alpha value is -2.18. The fourth-order valence-electron chi connectivity index (χ4n) is 2.55. The van der Waals surface area contributed by atoms with Crippen molar-refractivity contribution in [3.63, 3.8) is 0 Å². The molecule has 0 atom stereocenters. The number of hydrogen-bond donors (Lipinski definition) is 1. The van der Waals surface area contributed by atoms with Gasteiger partial charge in [-0.15, -0.1) is 0 Å². The molecule has 1 N–H and O–H groups in total. The van der Waals surface area contributed by atoms with Gasteiger partial charge in [0.25, 0.3) is 0 Å². The van der Waals surface area contributed by atoms with Gasteiger partial charge < -0.3 is 9.84 Å². The summed E-state index contributed by atoms with van der Waals surface area (Å²) in [6.07, 6.45) is 0.680. The van der Waals surface area contributed by atoms with Crippen LogP contribution in [0.2, 0.25) is 5.02 Å². The largest absolute Gasteiger partial charge is 0.339 e. The maximum atomic E-state index is 5.88. The van der Waals surface area contributed by atoms with Gasteiger partial charge in [0.15, 0.2) is 0 Å². The fraction of sp³-hybridized carbons (Fsp3) is 0.353. The molecule has 0 aliphatic heterocycles. The van der Waals surface area contributed by atoms with E-state index in [1.807, 2.05) is 42.9 Å². The molecule has 0 saturated heterocycles. The second-order valence-corrected chi connectivity index (χ2v) is 6.15. The molecule has 7 heteroatoms. The fourth-order valence-corrected chi connectivity index (χ4v) is 2.68. The molecule has 0 bridgehead atoms. The topological polar surface area (TPSA) is 68.8 Å². The zero-order chi connectivity index (χ0) is 17.1. The molecule has 0 aliphatic rings. The normalized spacial score (nSPS) is 11.2.